The van der Waals surface area contributed by atoms with Crippen LogP contribution >= 0.6 is 0 Å². The lowest BCUT2D eigenvalue weighted by Crippen LogP contribution is -2.55. The summed E-state index contributed by atoms with van der Waals surface area (Å²) in [4.78, 5) is 5.04. The molecule has 3 nitrogen and oxygen atoms in total. The van der Waals surface area contributed by atoms with Crippen LogP contribution in [0.3, 0.4) is 0 Å². The van der Waals surface area contributed by atoms with Gasteiger partial charge in [-0.25, -0.2) is 0 Å². The van der Waals surface area contributed by atoms with Gasteiger partial charge in [0.2, 0.25) is 0 Å². The molecule has 1 aromatic carbocycles. The molecule has 20 heavy (non-hydrogen) atoms. The van der Waals surface area contributed by atoms with Gasteiger partial charge in [0.15, 0.2) is 0 Å². The molecule has 4 unspecified atom stereocenters. The Balaban J connectivity index is 1.93. The second kappa shape index (κ2) is 6.70. The van der Waals surface area contributed by atoms with Gasteiger partial charge in [0.1, 0.15) is 0 Å². The average molecular weight is 275 g/mol. The monoisotopic (exact) mass is 275 g/mol. The molecule has 0 radical (unpaired) electrons. The van der Waals surface area contributed by atoms with Crippen LogP contribution in [0.2, 0.25) is 0 Å². The number of piperazine rings is 1. The number of benzene rings is 1. The minimum absolute atomic E-state index is 0.126. The molecule has 1 aliphatic heterocycles. The molecule has 1 saturated heterocycles. The summed E-state index contributed by atoms with van der Waals surface area (Å²) in [5.41, 5.74) is 7.66. The third-order valence-corrected chi connectivity index (χ3v) is 4.78. The van der Waals surface area contributed by atoms with Crippen LogP contribution in [-0.4, -0.2) is 48.6 Å². The Morgan fingerprint density at radius 1 is 1.15 bits per heavy atom. The maximum Gasteiger partial charge on any atom is 0.0333 e. The normalized spacial score (nSPS) is 28.2. The summed E-state index contributed by atoms with van der Waals surface area (Å²) >= 11 is 0. The van der Waals surface area contributed by atoms with E-state index < -0.39 is 0 Å². The Bertz CT molecular complexity index is 394. The summed E-state index contributed by atoms with van der Waals surface area (Å²) in [6.07, 6.45) is 0. The van der Waals surface area contributed by atoms with Gasteiger partial charge in [-0.2, -0.15) is 0 Å². The van der Waals surface area contributed by atoms with Crippen LogP contribution in [-0.2, 0) is 0 Å². The Morgan fingerprint density at radius 2 is 1.70 bits per heavy atom. The first-order chi connectivity index (χ1) is 9.49. The third-order valence-electron chi connectivity index (χ3n) is 4.78. The molecule has 1 fully saturated rings. The molecule has 1 aliphatic rings. The van der Waals surface area contributed by atoms with Crippen molar-refractivity contribution in [1.82, 2.24) is 9.80 Å². The van der Waals surface area contributed by atoms with Crippen LogP contribution in [0.4, 0.5) is 0 Å². The smallest absolute Gasteiger partial charge is 0.0333 e. The van der Waals surface area contributed by atoms with Gasteiger partial charge < -0.3 is 5.73 Å². The summed E-state index contributed by atoms with van der Waals surface area (Å²) in [6, 6.07) is 11.8. The Labute approximate surface area is 123 Å². The molecule has 2 rings (SSSR count). The molecular formula is C17H29N3. The number of rotatable bonds is 4. The van der Waals surface area contributed by atoms with Crippen molar-refractivity contribution in [3.8, 4) is 0 Å². The van der Waals surface area contributed by atoms with Crippen LogP contribution < -0.4 is 5.73 Å². The lowest BCUT2D eigenvalue weighted by molar-refractivity contribution is 0.0498. The highest BCUT2D eigenvalue weighted by Crippen LogP contribution is 2.22. The van der Waals surface area contributed by atoms with E-state index in [2.05, 4.69) is 61.9 Å². The molecule has 3 heteroatoms. The van der Waals surface area contributed by atoms with Gasteiger partial charge in [-0.1, -0.05) is 37.3 Å². The van der Waals surface area contributed by atoms with Gasteiger partial charge >= 0.3 is 0 Å². The highest BCUT2D eigenvalue weighted by molar-refractivity contribution is 5.19. The summed E-state index contributed by atoms with van der Waals surface area (Å²) < 4.78 is 0. The van der Waals surface area contributed by atoms with Crippen LogP contribution in [0.5, 0.6) is 0 Å². The van der Waals surface area contributed by atoms with Crippen molar-refractivity contribution >= 4 is 0 Å². The van der Waals surface area contributed by atoms with E-state index in [-0.39, 0.29) is 6.04 Å². The maximum atomic E-state index is 6.42. The van der Waals surface area contributed by atoms with E-state index in [4.69, 9.17) is 5.73 Å². The fourth-order valence-corrected chi connectivity index (χ4v) is 3.19. The van der Waals surface area contributed by atoms with Crippen molar-refractivity contribution in [1.29, 1.82) is 0 Å². The highest BCUT2D eigenvalue weighted by atomic mass is 15.3. The molecule has 0 spiro atoms. The third kappa shape index (κ3) is 3.60. The minimum Gasteiger partial charge on any atom is -0.324 e. The zero-order valence-electron chi connectivity index (χ0n) is 13.3. The van der Waals surface area contributed by atoms with Gasteiger partial charge in [-0.15, -0.1) is 0 Å². The maximum absolute atomic E-state index is 6.42. The second-order valence-electron chi connectivity index (χ2n) is 6.50. The molecule has 0 amide bonds. The van der Waals surface area contributed by atoms with Crippen LogP contribution in [0.25, 0.3) is 0 Å². The molecule has 2 N–H and O–H groups in total. The second-order valence-corrected chi connectivity index (χ2v) is 6.50. The van der Waals surface area contributed by atoms with Gasteiger partial charge in [0.25, 0.3) is 0 Å². The van der Waals surface area contributed by atoms with Gasteiger partial charge in [0.05, 0.1) is 0 Å². The zero-order chi connectivity index (χ0) is 14.7. The predicted octanol–water partition coefficient (Wildman–Crippen LogP) is 2.35. The van der Waals surface area contributed by atoms with Crippen LogP contribution in [0, 0.1) is 5.92 Å². The lowest BCUT2D eigenvalue weighted by atomic mass is 9.94. The van der Waals surface area contributed by atoms with E-state index in [9.17, 15) is 0 Å². The Morgan fingerprint density at radius 3 is 2.25 bits per heavy atom. The first kappa shape index (κ1) is 15.5. The number of likely N-dealkylation sites (N-methyl/N-ethyl adjacent to an activating group) is 1. The number of hydrogen-bond donors (Lipinski definition) is 1. The lowest BCUT2D eigenvalue weighted by Gasteiger charge is -2.43. The van der Waals surface area contributed by atoms with E-state index >= 15 is 0 Å². The first-order valence-corrected chi connectivity index (χ1v) is 7.74. The Kier molecular flexibility index (Phi) is 5.19. The standard InChI is InChI=1S/C17H29N3/c1-13(17(18)16-8-6-5-7-9-16)10-20-11-14(2)19(4)15(3)12-20/h5-9,13-15,17H,10-12,18H2,1-4H3. The quantitative estimate of drug-likeness (QED) is 0.915. The molecule has 0 bridgehead atoms. The van der Waals surface area contributed by atoms with E-state index in [1.807, 2.05) is 6.07 Å². The summed E-state index contributed by atoms with van der Waals surface area (Å²) in [6.45, 7) is 10.3. The van der Waals surface area contributed by atoms with Gasteiger partial charge in [0, 0.05) is 37.8 Å². The van der Waals surface area contributed by atoms with E-state index in [1.54, 1.807) is 0 Å². The van der Waals surface area contributed by atoms with Crippen molar-refractivity contribution in [3.63, 3.8) is 0 Å². The minimum atomic E-state index is 0.126. The predicted molar refractivity (Wildman–Crippen MR) is 85.7 cm³/mol. The molecule has 0 aromatic heterocycles. The Hall–Kier alpha value is -0.900. The fourth-order valence-electron chi connectivity index (χ4n) is 3.19. The van der Waals surface area contributed by atoms with E-state index in [0.717, 1.165) is 19.6 Å². The molecule has 1 heterocycles. The fraction of sp³-hybridized carbons (Fsp3) is 0.647. The average Bonchev–Trinajstić information content (AvgIpc) is 2.44. The summed E-state index contributed by atoms with van der Waals surface area (Å²) in [7, 11) is 2.23. The van der Waals surface area contributed by atoms with Crippen molar-refractivity contribution in [2.45, 2.75) is 38.9 Å². The topological polar surface area (TPSA) is 32.5 Å². The molecule has 1 aromatic rings. The molecule has 0 aliphatic carbocycles. The summed E-state index contributed by atoms with van der Waals surface area (Å²) in [5, 5.41) is 0. The number of nitrogens with zero attached hydrogens (tertiary/aromatic N) is 2. The molecule has 112 valence electrons. The molecule has 4 atom stereocenters. The zero-order valence-corrected chi connectivity index (χ0v) is 13.3. The molecular weight excluding hydrogens is 246 g/mol. The van der Waals surface area contributed by atoms with Gasteiger partial charge in [-0.05, 0) is 32.4 Å². The van der Waals surface area contributed by atoms with Crippen molar-refractivity contribution < 1.29 is 0 Å². The highest BCUT2D eigenvalue weighted by Gasteiger charge is 2.28. The SMILES string of the molecule is CC(CN1CC(C)N(C)C(C)C1)C(N)c1ccccc1. The van der Waals surface area contributed by atoms with Crippen LogP contribution in [0.1, 0.15) is 32.4 Å². The van der Waals surface area contributed by atoms with E-state index in [0.29, 0.717) is 18.0 Å². The van der Waals surface area contributed by atoms with E-state index in [1.165, 1.54) is 5.56 Å². The molecule has 0 saturated carbocycles. The van der Waals surface area contributed by atoms with Crippen molar-refractivity contribution in [2.24, 2.45) is 11.7 Å². The first-order valence-electron chi connectivity index (χ1n) is 7.74. The van der Waals surface area contributed by atoms with Crippen molar-refractivity contribution in [3.05, 3.63) is 35.9 Å². The van der Waals surface area contributed by atoms with Crippen LogP contribution in [0.15, 0.2) is 30.3 Å². The summed E-state index contributed by atoms with van der Waals surface area (Å²) in [5.74, 6) is 0.472. The number of nitrogens with two attached hydrogens (primary N) is 1. The number of hydrogen-bond acceptors (Lipinski definition) is 3. The van der Waals surface area contributed by atoms with Gasteiger partial charge in [-0.3, -0.25) is 9.80 Å². The largest absolute Gasteiger partial charge is 0.324 e. The van der Waals surface area contributed by atoms with Crippen molar-refractivity contribution in [2.75, 3.05) is 26.7 Å².